The number of rotatable bonds is 6. The Bertz CT molecular complexity index is 215. The maximum Gasteiger partial charge on any atom is 1.00 e. The zero-order chi connectivity index (χ0) is 11.3. The summed E-state index contributed by atoms with van der Waals surface area (Å²) in [6.07, 6.45) is -7.94. The molecule has 0 aliphatic rings. The number of ketones is 1. The van der Waals surface area contributed by atoms with Gasteiger partial charge in [-0.2, -0.15) is 0 Å². The molecule has 0 aliphatic carbocycles. The summed E-state index contributed by atoms with van der Waals surface area (Å²) >= 11 is 0. The second-order valence-corrected chi connectivity index (χ2v) is 2.70. The van der Waals surface area contributed by atoms with Crippen LogP contribution in [-0.2, 0) is 9.59 Å². The Morgan fingerprint density at radius 3 is 2.00 bits per heavy atom. The largest absolute Gasteiger partial charge is 1.00 e. The molecule has 0 fully saturated rings. The van der Waals surface area contributed by atoms with Crippen molar-refractivity contribution in [2.75, 3.05) is 6.61 Å². The van der Waals surface area contributed by atoms with Crippen LogP contribution >= 0.6 is 0 Å². The van der Waals surface area contributed by atoms with Crippen LogP contribution in [0.1, 0.15) is 1.43 Å². The minimum absolute atomic E-state index is 0. The standard InChI is InChI=1S/C7H12O7.Na.H/c8-1-3(10)5(12)7(14)6(13)4(11)2-9;;/h1,4-7,9,11-14H,2H2;;/q;+1;-1/t4-,5+,6-,7-;;/m1../s1. The van der Waals surface area contributed by atoms with E-state index in [2.05, 4.69) is 0 Å². The van der Waals surface area contributed by atoms with Crippen LogP contribution in [0, 0.1) is 0 Å². The van der Waals surface area contributed by atoms with E-state index in [4.69, 9.17) is 25.5 Å². The van der Waals surface area contributed by atoms with Crippen molar-refractivity contribution < 1.29 is 66.1 Å². The van der Waals surface area contributed by atoms with Crippen molar-refractivity contribution in [2.24, 2.45) is 0 Å². The van der Waals surface area contributed by atoms with E-state index in [1.165, 1.54) is 0 Å². The number of hydrogen-bond acceptors (Lipinski definition) is 7. The Hall–Kier alpha value is 0.140. The normalized spacial score (nSPS) is 18.2. The summed E-state index contributed by atoms with van der Waals surface area (Å²) in [7, 11) is 0. The maximum absolute atomic E-state index is 10.5. The zero-order valence-corrected chi connectivity index (χ0v) is 10.1. The molecule has 7 nitrogen and oxygen atoms in total. The smallest absolute Gasteiger partial charge is 1.00 e. The van der Waals surface area contributed by atoms with Crippen molar-refractivity contribution in [3.8, 4) is 0 Å². The predicted molar refractivity (Wildman–Crippen MR) is 43.3 cm³/mol. The molecule has 0 aromatic heterocycles. The summed E-state index contributed by atoms with van der Waals surface area (Å²) in [6, 6.07) is 0. The fourth-order valence-electron chi connectivity index (χ4n) is 0.760. The van der Waals surface area contributed by atoms with Gasteiger partial charge >= 0.3 is 29.6 Å². The van der Waals surface area contributed by atoms with Crippen molar-refractivity contribution in [1.82, 2.24) is 0 Å². The van der Waals surface area contributed by atoms with Crippen molar-refractivity contribution in [1.29, 1.82) is 0 Å². The fourth-order valence-corrected chi connectivity index (χ4v) is 0.760. The maximum atomic E-state index is 10.5. The first-order chi connectivity index (χ1) is 6.45. The summed E-state index contributed by atoms with van der Waals surface area (Å²) in [5.41, 5.74) is 0. The van der Waals surface area contributed by atoms with Crippen molar-refractivity contribution in [3.05, 3.63) is 0 Å². The number of aldehydes is 1. The second-order valence-electron chi connectivity index (χ2n) is 2.70. The van der Waals surface area contributed by atoms with Gasteiger partial charge in [-0.1, -0.05) is 0 Å². The molecule has 15 heavy (non-hydrogen) atoms. The molecule has 4 atom stereocenters. The summed E-state index contributed by atoms with van der Waals surface area (Å²) in [4.78, 5) is 20.4. The molecule has 0 unspecified atom stereocenters. The van der Waals surface area contributed by atoms with Crippen molar-refractivity contribution in [3.63, 3.8) is 0 Å². The van der Waals surface area contributed by atoms with Gasteiger partial charge in [-0.3, -0.25) is 9.59 Å². The molecule has 0 spiro atoms. The zero-order valence-electron chi connectivity index (χ0n) is 9.15. The van der Waals surface area contributed by atoms with Gasteiger partial charge in [0, 0.05) is 0 Å². The number of Topliss-reactive ketones (excluding diaryl/α,β-unsaturated/α-hetero) is 1. The molecule has 5 N–H and O–H groups in total. The van der Waals surface area contributed by atoms with Crippen LogP contribution in [0.2, 0.25) is 0 Å². The first-order valence-corrected chi connectivity index (χ1v) is 3.77. The molecule has 0 saturated carbocycles. The van der Waals surface area contributed by atoms with Crippen molar-refractivity contribution in [2.45, 2.75) is 24.4 Å². The van der Waals surface area contributed by atoms with E-state index < -0.39 is 36.8 Å². The minimum atomic E-state index is -2.11. The van der Waals surface area contributed by atoms with Gasteiger partial charge < -0.3 is 27.0 Å². The Kier molecular flexibility index (Phi) is 9.71. The fraction of sp³-hybridized carbons (Fsp3) is 0.714. The van der Waals surface area contributed by atoms with Gasteiger partial charge in [0.15, 0.2) is 6.29 Å². The van der Waals surface area contributed by atoms with Crippen LogP contribution in [0.3, 0.4) is 0 Å². The Labute approximate surface area is 109 Å². The van der Waals surface area contributed by atoms with E-state index >= 15 is 0 Å². The number of aliphatic hydroxyl groups excluding tert-OH is 5. The molecule has 8 heteroatoms. The van der Waals surface area contributed by atoms with Crippen molar-refractivity contribution >= 4 is 12.1 Å². The molecule has 0 aromatic rings. The summed E-state index contributed by atoms with van der Waals surface area (Å²) < 4.78 is 0. The Morgan fingerprint density at radius 1 is 1.20 bits per heavy atom. The molecule has 0 heterocycles. The van der Waals surface area contributed by atoms with Crippen LogP contribution in [0.4, 0.5) is 0 Å². The first-order valence-electron chi connectivity index (χ1n) is 3.77. The average molecular weight is 232 g/mol. The van der Waals surface area contributed by atoms with E-state index in [-0.39, 0.29) is 37.3 Å². The van der Waals surface area contributed by atoms with E-state index in [1.807, 2.05) is 0 Å². The Morgan fingerprint density at radius 2 is 1.67 bits per heavy atom. The van der Waals surface area contributed by atoms with Gasteiger partial charge in [-0.25, -0.2) is 0 Å². The van der Waals surface area contributed by atoms with Gasteiger partial charge in [0.2, 0.25) is 5.78 Å². The summed E-state index contributed by atoms with van der Waals surface area (Å²) in [5, 5.41) is 44.2. The number of hydrogen-bond donors (Lipinski definition) is 5. The molecular weight excluding hydrogens is 219 g/mol. The Balaban J connectivity index is -0.000000845. The molecule has 0 aliphatic heterocycles. The van der Waals surface area contributed by atoms with E-state index in [1.54, 1.807) is 0 Å². The van der Waals surface area contributed by atoms with Gasteiger partial charge in [0.25, 0.3) is 0 Å². The molecule has 0 bridgehead atoms. The SMILES string of the molecule is O=CC(=O)[C@H](O)[C@@H](O)[C@H](O)[C@H](O)CO.[H-].[Na+]. The molecular formula is C7H13NaO7. The van der Waals surface area contributed by atoms with Crippen LogP contribution in [0.5, 0.6) is 0 Å². The van der Waals surface area contributed by atoms with Crippen LogP contribution in [-0.4, -0.2) is 68.6 Å². The van der Waals surface area contributed by atoms with Gasteiger partial charge in [-0.05, 0) is 0 Å². The van der Waals surface area contributed by atoms with Gasteiger partial charge in [-0.15, -0.1) is 0 Å². The quantitative estimate of drug-likeness (QED) is 0.174. The van der Waals surface area contributed by atoms with Gasteiger partial charge in [0.05, 0.1) is 6.61 Å². The molecule has 0 aromatic carbocycles. The molecule has 0 amide bonds. The topological polar surface area (TPSA) is 135 Å². The second kappa shape index (κ2) is 8.31. The monoisotopic (exact) mass is 232 g/mol. The molecule has 0 rings (SSSR count). The van der Waals surface area contributed by atoms with Gasteiger partial charge in [0.1, 0.15) is 24.4 Å². The van der Waals surface area contributed by atoms with Crippen LogP contribution in [0.25, 0.3) is 0 Å². The third-order valence-corrected chi connectivity index (χ3v) is 1.66. The first kappa shape index (κ1) is 17.5. The third kappa shape index (κ3) is 5.14. The van der Waals surface area contributed by atoms with E-state index in [0.717, 1.165) is 0 Å². The predicted octanol–water partition coefficient (Wildman–Crippen LogP) is -6.69. The molecule has 0 radical (unpaired) electrons. The van der Waals surface area contributed by atoms with Crippen LogP contribution in [0.15, 0.2) is 0 Å². The number of carbonyl (C=O) groups is 2. The minimum Gasteiger partial charge on any atom is -1.00 e. The number of aliphatic hydroxyl groups is 5. The summed E-state index contributed by atoms with van der Waals surface area (Å²) in [6.45, 7) is -0.847. The van der Waals surface area contributed by atoms with Crippen LogP contribution < -0.4 is 29.6 Å². The van der Waals surface area contributed by atoms with E-state index in [0.29, 0.717) is 0 Å². The molecule has 84 valence electrons. The summed E-state index contributed by atoms with van der Waals surface area (Å²) in [5.74, 6) is -1.32. The molecule has 0 saturated heterocycles. The number of carbonyl (C=O) groups excluding carboxylic acids is 2. The average Bonchev–Trinajstić information content (AvgIpc) is 2.23. The third-order valence-electron chi connectivity index (χ3n) is 1.66. The van der Waals surface area contributed by atoms with E-state index in [9.17, 15) is 9.59 Å².